The first-order chi connectivity index (χ1) is 6.44. The summed E-state index contributed by atoms with van der Waals surface area (Å²) in [5.74, 6) is -0.156. The molecule has 1 N–H and O–H groups in total. The standard InChI is InChI=1S/C10H19NO3/c1-4-11(7-10(2,3)13)8-5-6-14-9(8)12/h8,13H,4-7H2,1-3H3. The Hall–Kier alpha value is -0.610. The van der Waals surface area contributed by atoms with Crippen LogP contribution in [0.4, 0.5) is 0 Å². The fourth-order valence-electron chi connectivity index (χ4n) is 1.76. The van der Waals surface area contributed by atoms with Crippen LogP contribution in [0.3, 0.4) is 0 Å². The number of carbonyl (C=O) groups is 1. The van der Waals surface area contributed by atoms with Gasteiger partial charge in [0.1, 0.15) is 6.04 Å². The number of carbonyl (C=O) groups excluding carboxylic acids is 1. The monoisotopic (exact) mass is 201 g/mol. The Labute approximate surface area is 84.8 Å². The smallest absolute Gasteiger partial charge is 0.323 e. The summed E-state index contributed by atoms with van der Waals surface area (Å²) in [6, 6.07) is -0.161. The molecule has 0 amide bonds. The summed E-state index contributed by atoms with van der Waals surface area (Å²) in [4.78, 5) is 13.3. The van der Waals surface area contributed by atoms with Crippen LogP contribution in [-0.4, -0.2) is 47.3 Å². The van der Waals surface area contributed by atoms with Crippen molar-refractivity contribution >= 4 is 5.97 Å². The molecule has 0 aromatic rings. The first kappa shape index (κ1) is 11.5. The van der Waals surface area contributed by atoms with Crippen LogP contribution in [0.1, 0.15) is 27.2 Å². The summed E-state index contributed by atoms with van der Waals surface area (Å²) in [6.07, 6.45) is 0.739. The Morgan fingerprint density at radius 1 is 1.64 bits per heavy atom. The Balaban J connectivity index is 2.57. The highest BCUT2D eigenvalue weighted by molar-refractivity contribution is 5.77. The summed E-state index contributed by atoms with van der Waals surface area (Å²) in [5.41, 5.74) is -0.765. The molecule has 82 valence electrons. The normalized spacial score (nSPS) is 22.9. The topological polar surface area (TPSA) is 49.8 Å². The van der Waals surface area contributed by atoms with Gasteiger partial charge >= 0.3 is 5.97 Å². The Kier molecular flexibility index (Phi) is 3.50. The summed E-state index contributed by atoms with van der Waals surface area (Å²) < 4.78 is 4.90. The van der Waals surface area contributed by atoms with Crippen LogP contribution in [0.5, 0.6) is 0 Å². The van der Waals surface area contributed by atoms with Gasteiger partial charge in [-0.2, -0.15) is 0 Å². The maximum absolute atomic E-state index is 11.3. The van der Waals surface area contributed by atoms with Gasteiger partial charge in [-0.1, -0.05) is 6.92 Å². The van der Waals surface area contributed by atoms with E-state index in [0.29, 0.717) is 13.2 Å². The SMILES string of the molecule is CCN(CC(C)(C)O)C1CCOC1=O. The average Bonchev–Trinajstić information content (AvgIpc) is 2.45. The van der Waals surface area contributed by atoms with Gasteiger partial charge in [-0.05, 0) is 20.4 Å². The van der Waals surface area contributed by atoms with E-state index in [1.165, 1.54) is 0 Å². The molecule has 4 heteroatoms. The number of hydrogen-bond donors (Lipinski definition) is 1. The average molecular weight is 201 g/mol. The van der Waals surface area contributed by atoms with Crippen LogP contribution in [0.15, 0.2) is 0 Å². The minimum Gasteiger partial charge on any atom is -0.464 e. The lowest BCUT2D eigenvalue weighted by Crippen LogP contribution is -2.46. The first-order valence-electron chi connectivity index (χ1n) is 5.07. The zero-order valence-electron chi connectivity index (χ0n) is 9.12. The van der Waals surface area contributed by atoms with Crippen molar-refractivity contribution in [3.05, 3.63) is 0 Å². The van der Waals surface area contributed by atoms with E-state index in [9.17, 15) is 9.90 Å². The van der Waals surface area contributed by atoms with Crippen LogP contribution >= 0.6 is 0 Å². The van der Waals surface area contributed by atoms with E-state index in [4.69, 9.17) is 4.74 Å². The van der Waals surface area contributed by atoms with Gasteiger partial charge in [0.2, 0.25) is 0 Å². The van der Waals surface area contributed by atoms with Crippen LogP contribution < -0.4 is 0 Å². The van der Waals surface area contributed by atoms with Gasteiger partial charge in [-0.25, -0.2) is 0 Å². The van der Waals surface area contributed by atoms with E-state index < -0.39 is 5.60 Å². The maximum Gasteiger partial charge on any atom is 0.323 e. The van der Waals surface area contributed by atoms with Crippen LogP contribution in [0, 0.1) is 0 Å². The van der Waals surface area contributed by atoms with Crippen molar-refractivity contribution in [3.63, 3.8) is 0 Å². The lowest BCUT2D eigenvalue weighted by Gasteiger charge is -2.30. The highest BCUT2D eigenvalue weighted by Crippen LogP contribution is 2.16. The molecular formula is C10H19NO3. The van der Waals surface area contributed by atoms with E-state index in [-0.39, 0.29) is 12.0 Å². The summed E-state index contributed by atoms with van der Waals surface area (Å²) in [7, 11) is 0. The molecule has 0 bridgehead atoms. The number of cyclic esters (lactones) is 1. The van der Waals surface area contributed by atoms with E-state index in [0.717, 1.165) is 13.0 Å². The Morgan fingerprint density at radius 2 is 2.29 bits per heavy atom. The van der Waals surface area contributed by atoms with Crippen molar-refractivity contribution in [2.75, 3.05) is 19.7 Å². The second-order valence-electron chi connectivity index (χ2n) is 4.35. The second kappa shape index (κ2) is 4.28. The molecule has 0 aromatic heterocycles. The third-order valence-electron chi connectivity index (χ3n) is 2.34. The zero-order chi connectivity index (χ0) is 10.8. The van der Waals surface area contributed by atoms with E-state index >= 15 is 0 Å². The molecule has 1 unspecified atom stereocenters. The summed E-state index contributed by atoms with van der Waals surface area (Å²) in [5, 5.41) is 9.67. The second-order valence-corrected chi connectivity index (χ2v) is 4.35. The minimum atomic E-state index is -0.765. The van der Waals surface area contributed by atoms with Crippen LogP contribution in [0.2, 0.25) is 0 Å². The molecule has 1 aliphatic rings. The van der Waals surface area contributed by atoms with Gasteiger partial charge in [-0.3, -0.25) is 9.69 Å². The molecule has 14 heavy (non-hydrogen) atoms. The van der Waals surface area contributed by atoms with Crippen molar-refractivity contribution in [2.24, 2.45) is 0 Å². The largest absolute Gasteiger partial charge is 0.464 e. The summed E-state index contributed by atoms with van der Waals surface area (Å²) in [6.45, 7) is 7.24. The van der Waals surface area contributed by atoms with Gasteiger partial charge in [0, 0.05) is 13.0 Å². The molecule has 0 aliphatic carbocycles. The zero-order valence-corrected chi connectivity index (χ0v) is 9.12. The Bertz CT molecular complexity index is 210. The first-order valence-corrected chi connectivity index (χ1v) is 5.07. The van der Waals surface area contributed by atoms with Crippen molar-refractivity contribution in [1.82, 2.24) is 4.90 Å². The predicted octanol–water partition coefficient (Wildman–Crippen LogP) is 0.395. The molecule has 1 heterocycles. The third-order valence-corrected chi connectivity index (χ3v) is 2.34. The highest BCUT2D eigenvalue weighted by atomic mass is 16.5. The Morgan fingerprint density at radius 3 is 2.64 bits per heavy atom. The molecule has 1 saturated heterocycles. The molecule has 1 atom stereocenters. The maximum atomic E-state index is 11.3. The number of rotatable bonds is 4. The minimum absolute atomic E-state index is 0.156. The van der Waals surface area contributed by atoms with Crippen LogP contribution in [0.25, 0.3) is 0 Å². The van der Waals surface area contributed by atoms with Crippen LogP contribution in [-0.2, 0) is 9.53 Å². The molecule has 1 aliphatic heterocycles. The number of nitrogens with zero attached hydrogens (tertiary/aromatic N) is 1. The number of ether oxygens (including phenoxy) is 1. The lowest BCUT2D eigenvalue weighted by molar-refractivity contribution is -0.143. The van der Waals surface area contributed by atoms with Crippen molar-refractivity contribution < 1.29 is 14.6 Å². The van der Waals surface area contributed by atoms with E-state index in [1.807, 2.05) is 11.8 Å². The molecule has 1 fully saturated rings. The number of likely N-dealkylation sites (N-methyl/N-ethyl adjacent to an activating group) is 1. The van der Waals surface area contributed by atoms with Gasteiger partial charge in [0.25, 0.3) is 0 Å². The molecule has 1 rings (SSSR count). The molecule has 0 radical (unpaired) electrons. The van der Waals surface area contributed by atoms with Gasteiger partial charge in [0.05, 0.1) is 12.2 Å². The highest BCUT2D eigenvalue weighted by Gasteiger charge is 2.33. The quantitative estimate of drug-likeness (QED) is 0.669. The molecule has 0 saturated carbocycles. The number of aliphatic hydroxyl groups is 1. The molecule has 0 spiro atoms. The molecule has 4 nitrogen and oxygen atoms in total. The van der Waals surface area contributed by atoms with Crippen molar-refractivity contribution in [2.45, 2.75) is 38.8 Å². The molecular weight excluding hydrogens is 182 g/mol. The van der Waals surface area contributed by atoms with E-state index in [1.54, 1.807) is 13.8 Å². The third kappa shape index (κ3) is 2.96. The predicted molar refractivity (Wildman–Crippen MR) is 52.9 cm³/mol. The van der Waals surface area contributed by atoms with E-state index in [2.05, 4.69) is 0 Å². The summed E-state index contributed by atoms with van der Waals surface area (Å²) >= 11 is 0. The number of hydrogen-bond acceptors (Lipinski definition) is 4. The fraction of sp³-hybridized carbons (Fsp3) is 0.900. The van der Waals surface area contributed by atoms with Gasteiger partial charge < -0.3 is 9.84 Å². The van der Waals surface area contributed by atoms with Gasteiger partial charge in [0.15, 0.2) is 0 Å². The van der Waals surface area contributed by atoms with Crippen molar-refractivity contribution in [1.29, 1.82) is 0 Å². The molecule has 0 aromatic carbocycles. The van der Waals surface area contributed by atoms with Crippen molar-refractivity contribution in [3.8, 4) is 0 Å². The lowest BCUT2D eigenvalue weighted by atomic mass is 10.1. The van der Waals surface area contributed by atoms with Gasteiger partial charge in [-0.15, -0.1) is 0 Å². The fourth-order valence-corrected chi connectivity index (χ4v) is 1.76. The number of esters is 1.